The Morgan fingerprint density at radius 3 is 2.56 bits per heavy atom. The van der Waals surface area contributed by atoms with Crippen LogP contribution >= 0.6 is 50.2 Å². The van der Waals surface area contributed by atoms with Crippen LogP contribution < -0.4 is 0 Å². The van der Waals surface area contributed by atoms with Crippen molar-refractivity contribution < 1.29 is 5.11 Å². The molecule has 0 radical (unpaired) electrons. The van der Waals surface area contributed by atoms with Gasteiger partial charge in [0, 0.05) is 10.4 Å². The van der Waals surface area contributed by atoms with Gasteiger partial charge in [-0.3, -0.25) is 0 Å². The summed E-state index contributed by atoms with van der Waals surface area (Å²) in [5.74, 6) is 0. The highest BCUT2D eigenvalue weighted by Gasteiger charge is 2.20. The molecule has 2 aromatic rings. The van der Waals surface area contributed by atoms with E-state index in [-0.39, 0.29) is 0 Å². The van der Waals surface area contributed by atoms with Gasteiger partial charge in [0.1, 0.15) is 6.10 Å². The van der Waals surface area contributed by atoms with E-state index in [1.54, 1.807) is 11.3 Å². The molecular weight excluding hydrogens is 328 g/mol. The van der Waals surface area contributed by atoms with E-state index in [0.717, 1.165) is 24.7 Å². The molecular formula is C11H10BrClOS2. The SMILES string of the molecule is Cc1csc(C(O)c2cc(Br)sc2C)c1Cl. The van der Waals surface area contributed by atoms with E-state index in [0.29, 0.717) is 5.02 Å². The van der Waals surface area contributed by atoms with Gasteiger partial charge >= 0.3 is 0 Å². The molecule has 0 spiro atoms. The first-order chi connectivity index (χ1) is 7.50. The molecule has 0 aliphatic carbocycles. The minimum absolute atomic E-state index is 0.617. The monoisotopic (exact) mass is 336 g/mol. The fourth-order valence-electron chi connectivity index (χ4n) is 1.51. The summed E-state index contributed by atoms with van der Waals surface area (Å²) in [5, 5.41) is 12.9. The van der Waals surface area contributed by atoms with Crippen molar-refractivity contribution in [2.75, 3.05) is 0 Å². The number of aliphatic hydroxyl groups is 1. The maximum Gasteiger partial charge on any atom is 0.116 e. The number of hydrogen-bond donors (Lipinski definition) is 1. The number of aryl methyl sites for hydroxylation is 2. The highest BCUT2D eigenvalue weighted by atomic mass is 79.9. The third-order valence-corrected chi connectivity index (χ3v) is 5.73. The quantitative estimate of drug-likeness (QED) is 0.824. The van der Waals surface area contributed by atoms with Crippen LogP contribution in [0.2, 0.25) is 5.02 Å². The Balaban J connectivity index is 2.42. The van der Waals surface area contributed by atoms with Crippen molar-refractivity contribution in [2.24, 2.45) is 0 Å². The fraction of sp³-hybridized carbons (Fsp3) is 0.273. The van der Waals surface area contributed by atoms with Gasteiger partial charge in [0.05, 0.1) is 13.7 Å². The Kier molecular flexibility index (Phi) is 3.76. The van der Waals surface area contributed by atoms with Crippen LogP contribution in [0.4, 0.5) is 0 Å². The van der Waals surface area contributed by atoms with Gasteiger partial charge in [0.25, 0.3) is 0 Å². The van der Waals surface area contributed by atoms with Gasteiger partial charge in [-0.1, -0.05) is 11.6 Å². The van der Waals surface area contributed by atoms with Crippen molar-refractivity contribution in [2.45, 2.75) is 20.0 Å². The lowest BCUT2D eigenvalue weighted by molar-refractivity contribution is 0.224. The van der Waals surface area contributed by atoms with Crippen LogP contribution in [0.5, 0.6) is 0 Å². The number of aliphatic hydroxyl groups excluding tert-OH is 1. The summed E-state index contributed by atoms with van der Waals surface area (Å²) in [6, 6.07) is 1.95. The zero-order valence-electron chi connectivity index (χ0n) is 8.75. The van der Waals surface area contributed by atoms with E-state index < -0.39 is 6.10 Å². The second-order valence-electron chi connectivity index (χ2n) is 3.56. The molecule has 0 aromatic carbocycles. The molecule has 1 atom stereocenters. The van der Waals surface area contributed by atoms with Crippen LogP contribution in [-0.4, -0.2) is 5.11 Å². The minimum Gasteiger partial charge on any atom is -0.383 e. The summed E-state index contributed by atoms with van der Waals surface area (Å²) in [5.41, 5.74) is 1.95. The lowest BCUT2D eigenvalue weighted by Gasteiger charge is -2.09. The van der Waals surface area contributed by atoms with Gasteiger partial charge in [-0.15, -0.1) is 22.7 Å². The Labute approximate surface area is 116 Å². The average Bonchev–Trinajstić information content (AvgIpc) is 2.71. The first-order valence-electron chi connectivity index (χ1n) is 4.68. The van der Waals surface area contributed by atoms with Crippen LogP contribution in [0.1, 0.15) is 27.0 Å². The molecule has 0 aliphatic heterocycles. The number of rotatable bonds is 2. The van der Waals surface area contributed by atoms with Gasteiger partial charge < -0.3 is 5.11 Å². The maximum absolute atomic E-state index is 10.3. The van der Waals surface area contributed by atoms with E-state index >= 15 is 0 Å². The molecule has 5 heteroatoms. The number of thiophene rings is 2. The largest absolute Gasteiger partial charge is 0.383 e. The smallest absolute Gasteiger partial charge is 0.116 e. The summed E-state index contributed by atoms with van der Waals surface area (Å²) in [4.78, 5) is 1.94. The zero-order valence-corrected chi connectivity index (χ0v) is 12.7. The van der Waals surface area contributed by atoms with E-state index in [1.807, 2.05) is 25.3 Å². The predicted molar refractivity (Wildman–Crippen MR) is 74.9 cm³/mol. The number of hydrogen-bond acceptors (Lipinski definition) is 3. The highest BCUT2D eigenvalue weighted by Crippen LogP contribution is 2.39. The molecule has 0 fully saturated rings. The fourth-order valence-corrected chi connectivity index (χ4v) is 4.55. The average molecular weight is 338 g/mol. The van der Waals surface area contributed by atoms with E-state index in [4.69, 9.17) is 11.6 Å². The van der Waals surface area contributed by atoms with Crippen molar-refractivity contribution in [3.05, 3.63) is 41.1 Å². The normalized spacial score (nSPS) is 13.1. The van der Waals surface area contributed by atoms with E-state index in [2.05, 4.69) is 15.9 Å². The number of halogens is 2. The van der Waals surface area contributed by atoms with E-state index in [1.165, 1.54) is 11.3 Å². The van der Waals surface area contributed by atoms with Crippen molar-refractivity contribution in [3.63, 3.8) is 0 Å². The summed E-state index contributed by atoms with van der Waals surface area (Å²) in [7, 11) is 0. The minimum atomic E-state index is -0.617. The highest BCUT2D eigenvalue weighted by molar-refractivity contribution is 9.11. The molecule has 1 N–H and O–H groups in total. The van der Waals surface area contributed by atoms with Crippen LogP contribution in [0.3, 0.4) is 0 Å². The van der Waals surface area contributed by atoms with Gasteiger partial charge in [-0.2, -0.15) is 0 Å². The molecule has 0 amide bonds. The van der Waals surface area contributed by atoms with Crippen molar-refractivity contribution in [1.29, 1.82) is 0 Å². The van der Waals surface area contributed by atoms with Crippen molar-refractivity contribution >= 4 is 50.2 Å². The standard InChI is InChI=1S/C11H10BrClOS2/c1-5-4-15-11(9(5)13)10(14)7-3-8(12)16-6(7)2/h3-4,10,14H,1-2H3. The second-order valence-corrected chi connectivity index (χ2v) is 7.49. The first-order valence-corrected chi connectivity index (χ1v) is 7.54. The first kappa shape index (κ1) is 12.6. The Hall–Kier alpha value is 0.130. The zero-order chi connectivity index (χ0) is 11.9. The van der Waals surface area contributed by atoms with Crippen LogP contribution in [0.25, 0.3) is 0 Å². The lowest BCUT2D eigenvalue weighted by atomic mass is 10.1. The predicted octanol–water partition coefficient (Wildman–Crippen LogP) is 4.92. The summed E-state index contributed by atoms with van der Waals surface area (Å²) >= 11 is 12.7. The molecule has 0 saturated carbocycles. The van der Waals surface area contributed by atoms with Crippen LogP contribution in [0, 0.1) is 13.8 Å². The van der Waals surface area contributed by atoms with Gasteiger partial charge in [0.15, 0.2) is 0 Å². The third-order valence-electron chi connectivity index (χ3n) is 2.39. The molecule has 2 aromatic heterocycles. The summed E-state index contributed by atoms with van der Waals surface area (Å²) in [6.07, 6.45) is -0.617. The second kappa shape index (κ2) is 4.78. The topological polar surface area (TPSA) is 20.2 Å². The molecule has 0 aliphatic rings. The van der Waals surface area contributed by atoms with Crippen LogP contribution in [0.15, 0.2) is 15.2 Å². The maximum atomic E-state index is 10.3. The molecule has 2 heterocycles. The molecule has 0 bridgehead atoms. The molecule has 0 saturated heterocycles. The molecule has 16 heavy (non-hydrogen) atoms. The van der Waals surface area contributed by atoms with Gasteiger partial charge in [-0.05, 0) is 46.8 Å². The van der Waals surface area contributed by atoms with E-state index in [9.17, 15) is 5.11 Å². The summed E-state index contributed by atoms with van der Waals surface area (Å²) in [6.45, 7) is 3.95. The Morgan fingerprint density at radius 2 is 2.12 bits per heavy atom. The van der Waals surface area contributed by atoms with Crippen LogP contribution in [-0.2, 0) is 0 Å². The lowest BCUT2D eigenvalue weighted by Crippen LogP contribution is -1.97. The Bertz CT molecular complexity index is 516. The Morgan fingerprint density at radius 1 is 1.44 bits per heavy atom. The van der Waals surface area contributed by atoms with Crippen molar-refractivity contribution in [1.82, 2.24) is 0 Å². The third kappa shape index (κ3) is 2.22. The van der Waals surface area contributed by atoms with Gasteiger partial charge in [-0.25, -0.2) is 0 Å². The molecule has 86 valence electrons. The molecule has 1 nitrogen and oxygen atoms in total. The van der Waals surface area contributed by atoms with Gasteiger partial charge in [0.2, 0.25) is 0 Å². The van der Waals surface area contributed by atoms with Crippen molar-refractivity contribution in [3.8, 4) is 0 Å². The summed E-state index contributed by atoms with van der Waals surface area (Å²) < 4.78 is 1.03. The molecule has 2 rings (SSSR count). The molecule has 1 unspecified atom stereocenters.